The number of thioether (sulfide) groups is 1. The van der Waals surface area contributed by atoms with Gasteiger partial charge in [-0.3, -0.25) is 9.89 Å². The third kappa shape index (κ3) is 3.73. The van der Waals surface area contributed by atoms with Gasteiger partial charge in [0, 0.05) is 23.0 Å². The monoisotopic (exact) mass is 415 g/mol. The van der Waals surface area contributed by atoms with Gasteiger partial charge in [-0.2, -0.15) is 5.10 Å². The molecule has 29 heavy (non-hydrogen) atoms. The van der Waals surface area contributed by atoms with Gasteiger partial charge < -0.3 is 20.6 Å². The highest BCUT2D eigenvalue weighted by atomic mass is 32.2. The van der Waals surface area contributed by atoms with Crippen LogP contribution in [0.4, 0.5) is 5.69 Å². The Morgan fingerprint density at radius 2 is 2.10 bits per heavy atom. The summed E-state index contributed by atoms with van der Waals surface area (Å²) in [6.45, 7) is 0. The highest BCUT2D eigenvalue weighted by Crippen LogP contribution is 2.31. The van der Waals surface area contributed by atoms with Crippen molar-refractivity contribution in [1.82, 2.24) is 25.1 Å². The van der Waals surface area contributed by atoms with E-state index < -0.39 is 0 Å². The van der Waals surface area contributed by atoms with Crippen LogP contribution in [0.1, 0.15) is 17.7 Å². The predicted molar refractivity (Wildman–Crippen MR) is 109 cm³/mol. The number of carbonyl (C=O) groups is 1. The van der Waals surface area contributed by atoms with Crippen molar-refractivity contribution in [2.75, 3.05) is 31.1 Å². The molecule has 3 aromatic rings. The van der Waals surface area contributed by atoms with Gasteiger partial charge in [0.15, 0.2) is 11.5 Å². The van der Waals surface area contributed by atoms with Crippen molar-refractivity contribution in [3.05, 3.63) is 29.5 Å². The molecule has 0 spiro atoms. The van der Waals surface area contributed by atoms with Gasteiger partial charge in [-0.1, -0.05) is 11.8 Å². The molecule has 0 bridgehead atoms. The van der Waals surface area contributed by atoms with Crippen LogP contribution in [0.25, 0.3) is 11.5 Å². The normalized spacial score (nSPS) is 12.6. The zero-order chi connectivity index (χ0) is 20.4. The molecule has 0 saturated carbocycles. The first-order valence-corrected chi connectivity index (χ1v) is 10.0. The van der Waals surface area contributed by atoms with Gasteiger partial charge in [0.25, 0.3) is 0 Å². The maximum absolute atomic E-state index is 12.3. The van der Waals surface area contributed by atoms with Crippen molar-refractivity contribution in [1.29, 1.82) is 0 Å². The Bertz CT molecular complexity index is 1050. The number of nitrogens with zero attached hydrogens (tertiary/aromatic N) is 4. The number of rotatable bonds is 7. The minimum absolute atomic E-state index is 0.127. The summed E-state index contributed by atoms with van der Waals surface area (Å²) in [7, 11) is 3.10. The zero-order valence-electron chi connectivity index (χ0n) is 16.1. The first-order chi connectivity index (χ1) is 14.1. The van der Waals surface area contributed by atoms with Crippen LogP contribution in [0.15, 0.2) is 23.4 Å². The Morgan fingerprint density at radius 1 is 1.28 bits per heavy atom. The summed E-state index contributed by atoms with van der Waals surface area (Å²) < 4.78 is 11.8. The molecule has 0 saturated heterocycles. The average molecular weight is 415 g/mol. The minimum Gasteiger partial charge on any atom is -0.493 e. The summed E-state index contributed by atoms with van der Waals surface area (Å²) in [5.74, 6) is 7.70. The Balaban J connectivity index is 1.41. The summed E-state index contributed by atoms with van der Waals surface area (Å²) >= 11 is 1.20. The van der Waals surface area contributed by atoms with E-state index in [4.69, 9.17) is 15.3 Å². The molecule has 4 rings (SSSR count). The Morgan fingerprint density at radius 3 is 2.90 bits per heavy atom. The van der Waals surface area contributed by atoms with Crippen molar-refractivity contribution in [2.45, 2.75) is 24.4 Å². The second kappa shape index (κ2) is 8.03. The first-order valence-electron chi connectivity index (χ1n) is 9.02. The number of benzene rings is 1. The third-order valence-corrected chi connectivity index (χ3v) is 5.63. The maximum atomic E-state index is 12.3. The molecule has 1 amide bonds. The SMILES string of the molecule is COc1ccc(NC(=O)CSc2nnc(-c3n[nH]c4c3CCC4)n2N)cc1OC. The lowest BCUT2D eigenvalue weighted by Gasteiger charge is -2.10. The van der Waals surface area contributed by atoms with E-state index in [1.54, 1.807) is 32.4 Å². The lowest BCUT2D eigenvalue weighted by Crippen LogP contribution is -2.16. The fraction of sp³-hybridized carbons (Fsp3) is 0.333. The number of nitrogen functional groups attached to an aromatic ring is 1. The lowest BCUT2D eigenvalue weighted by molar-refractivity contribution is -0.113. The molecule has 0 radical (unpaired) electrons. The van der Waals surface area contributed by atoms with Gasteiger partial charge in [0.1, 0.15) is 5.69 Å². The summed E-state index contributed by atoms with van der Waals surface area (Å²) in [5.41, 5.74) is 3.61. The Labute approximate surface area is 171 Å². The number of aromatic amines is 1. The van der Waals surface area contributed by atoms with E-state index in [1.807, 2.05) is 0 Å². The van der Waals surface area contributed by atoms with Crippen LogP contribution in [-0.4, -0.2) is 51.0 Å². The van der Waals surface area contributed by atoms with E-state index in [0.717, 1.165) is 36.2 Å². The molecule has 1 aliphatic carbocycles. The Kier molecular flexibility index (Phi) is 5.30. The second-order valence-corrected chi connectivity index (χ2v) is 7.41. The topological polar surface area (TPSA) is 133 Å². The molecule has 152 valence electrons. The van der Waals surface area contributed by atoms with Crippen molar-refractivity contribution in [3.63, 3.8) is 0 Å². The molecule has 1 aromatic carbocycles. The van der Waals surface area contributed by atoms with Crippen LogP contribution < -0.4 is 20.6 Å². The van der Waals surface area contributed by atoms with Crippen molar-refractivity contribution in [2.24, 2.45) is 0 Å². The van der Waals surface area contributed by atoms with Crippen molar-refractivity contribution < 1.29 is 14.3 Å². The summed E-state index contributed by atoms with van der Waals surface area (Å²) in [6.07, 6.45) is 3.02. The van der Waals surface area contributed by atoms with Crippen LogP contribution in [0.2, 0.25) is 0 Å². The average Bonchev–Trinajstić information content (AvgIpc) is 3.43. The van der Waals surface area contributed by atoms with Crippen LogP contribution in [0, 0.1) is 0 Å². The van der Waals surface area contributed by atoms with Gasteiger partial charge in [-0.25, -0.2) is 4.68 Å². The fourth-order valence-electron chi connectivity index (χ4n) is 3.28. The molecule has 11 heteroatoms. The van der Waals surface area contributed by atoms with E-state index >= 15 is 0 Å². The summed E-state index contributed by atoms with van der Waals surface area (Å²) in [6, 6.07) is 5.17. The van der Waals surface area contributed by atoms with Gasteiger partial charge in [0.2, 0.25) is 16.9 Å². The number of hydrogen-bond acceptors (Lipinski definition) is 8. The molecule has 0 unspecified atom stereocenters. The second-order valence-electron chi connectivity index (χ2n) is 6.47. The van der Waals surface area contributed by atoms with E-state index in [-0.39, 0.29) is 11.7 Å². The van der Waals surface area contributed by atoms with E-state index in [2.05, 4.69) is 25.7 Å². The van der Waals surface area contributed by atoms with Crippen LogP contribution >= 0.6 is 11.8 Å². The molecule has 2 aromatic heterocycles. The molecule has 1 aliphatic rings. The van der Waals surface area contributed by atoms with Gasteiger partial charge in [-0.05, 0) is 31.4 Å². The van der Waals surface area contributed by atoms with Crippen LogP contribution in [0.5, 0.6) is 11.5 Å². The molecule has 0 atom stereocenters. The predicted octanol–water partition coefficient (Wildman–Crippen LogP) is 1.62. The lowest BCUT2D eigenvalue weighted by atomic mass is 10.2. The number of ether oxygens (including phenoxy) is 2. The van der Waals surface area contributed by atoms with Crippen LogP contribution in [0.3, 0.4) is 0 Å². The van der Waals surface area contributed by atoms with Crippen molar-refractivity contribution >= 4 is 23.4 Å². The maximum Gasteiger partial charge on any atom is 0.234 e. The minimum atomic E-state index is -0.201. The number of nitrogens with one attached hydrogen (secondary N) is 2. The van der Waals surface area contributed by atoms with Crippen LogP contribution in [-0.2, 0) is 17.6 Å². The standard InChI is InChI=1S/C18H21N7O3S/c1-27-13-7-6-10(8-14(13)28-2)20-15(26)9-29-18-24-23-17(25(18)19)16-11-4-3-5-12(11)21-22-16/h6-8H,3-5,9,19H2,1-2H3,(H,20,26)(H,21,22). The number of aromatic nitrogens is 5. The van der Waals surface area contributed by atoms with Crippen molar-refractivity contribution in [3.8, 4) is 23.0 Å². The smallest absolute Gasteiger partial charge is 0.234 e. The highest BCUT2D eigenvalue weighted by Gasteiger charge is 2.24. The molecule has 0 fully saturated rings. The van der Waals surface area contributed by atoms with Gasteiger partial charge >= 0.3 is 0 Å². The molecule has 0 aliphatic heterocycles. The molecular weight excluding hydrogens is 394 g/mol. The number of H-pyrrole nitrogens is 1. The number of amides is 1. The van der Waals surface area contributed by atoms with E-state index in [9.17, 15) is 4.79 Å². The zero-order valence-corrected chi connectivity index (χ0v) is 16.9. The molecule has 2 heterocycles. The van der Waals surface area contributed by atoms with Gasteiger partial charge in [0.05, 0.1) is 20.0 Å². The van der Waals surface area contributed by atoms with E-state index in [0.29, 0.717) is 28.2 Å². The molecular formula is C18H21N7O3S. The number of carbonyl (C=O) groups excluding carboxylic acids is 1. The third-order valence-electron chi connectivity index (χ3n) is 4.68. The summed E-state index contributed by atoms with van der Waals surface area (Å²) in [5, 5.41) is 18.9. The number of hydrogen-bond donors (Lipinski definition) is 3. The Hall–Kier alpha value is -3.21. The largest absolute Gasteiger partial charge is 0.493 e. The number of methoxy groups -OCH3 is 2. The highest BCUT2D eigenvalue weighted by molar-refractivity contribution is 7.99. The fourth-order valence-corrected chi connectivity index (χ4v) is 3.94. The number of anilines is 1. The van der Waals surface area contributed by atoms with E-state index in [1.165, 1.54) is 16.4 Å². The number of aryl methyl sites for hydroxylation is 1. The molecule has 10 nitrogen and oxygen atoms in total. The molecule has 4 N–H and O–H groups in total. The first kappa shape index (κ1) is 19.1. The number of nitrogens with two attached hydrogens (primary N) is 1. The summed E-state index contributed by atoms with van der Waals surface area (Å²) in [4.78, 5) is 12.3. The van der Waals surface area contributed by atoms with Gasteiger partial charge in [-0.15, -0.1) is 10.2 Å². The number of fused-ring (bicyclic) bond motifs is 1. The quantitative estimate of drug-likeness (QED) is 0.392.